The summed E-state index contributed by atoms with van der Waals surface area (Å²) in [6.07, 6.45) is 0. The molecule has 6 nitrogen and oxygen atoms in total. The zero-order valence-electron chi connectivity index (χ0n) is 15.6. The minimum atomic E-state index is -0.105. The number of morpholine rings is 1. The quantitative estimate of drug-likeness (QED) is 0.860. The lowest BCUT2D eigenvalue weighted by Crippen LogP contribution is -2.43. The Morgan fingerprint density at radius 1 is 1.23 bits per heavy atom. The number of furan rings is 1. The standard InChI is InChI=1S/C20H26N2O4/c1-14-12-18(15(2)26-14)20(23)21-13-19(22-8-10-25-11-9-22)16-4-6-17(24-3)7-5-16/h4-7,12,19H,8-11,13H2,1-3H3,(H,21,23). The molecule has 2 aromatic rings. The average Bonchev–Trinajstić information content (AvgIpc) is 3.01. The van der Waals surface area contributed by atoms with E-state index in [0.717, 1.165) is 30.2 Å². The van der Waals surface area contributed by atoms with Crippen LogP contribution in [0, 0.1) is 13.8 Å². The van der Waals surface area contributed by atoms with Crippen molar-refractivity contribution in [2.24, 2.45) is 0 Å². The van der Waals surface area contributed by atoms with E-state index >= 15 is 0 Å². The summed E-state index contributed by atoms with van der Waals surface area (Å²) in [5.41, 5.74) is 1.74. The number of nitrogens with zero attached hydrogens (tertiary/aromatic N) is 1. The molecule has 0 radical (unpaired) electrons. The fourth-order valence-electron chi connectivity index (χ4n) is 3.31. The van der Waals surface area contributed by atoms with Crippen molar-refractivity contribution in [3.63, 3.8) is 0 Å². The van der Waals surface area contributed by atoms with Crippen molar-refractivity contribution >= 4 is 5.91 Å². The Hall–Kier alpha value is -2.31. The molecule has 1 aliphatic heterocycles. The largest absolute Gasteiger partial charge is 0.497 e. The van der Waals surface area contributed by atoms with E-state index in [0.29, 0.717) is 31.1 Å². The Labute approximate surface area is 154 Å². The van der Waals surface area contributed by atoms with Crippen molar-refractivity contribution in [3.8, 4) is 5.75 Å². The van der Waals surface area contributed by atoms with Crippen molar-refractivity contribution in [1.29, 1.82) is 0 Å². The zero-order valence-corrected chi connectivity index (χ0v) is 15.6. The van der Waals surface area contributed by atoms with Crippen LogP contribution in [0.1, 0.15) is 33.5 Å². The highest BCUT2D eigenvalue weighted by atomic mass is 16.5. The number of carbonyl (C=O) groups excluding carboxylic acids is 1. The van der Waals surface area contributed by atoms with E-state index in [-0.39, 0.29) is 11.9 Å². The summed E-state index contributed by atoms with van der Waals surface area (Å²) in [6, 6.07) is 9.88. The first kappa shape index (κ1) is 18.5. The third-order valence-corrected chi connectivity index (χ3v) is 4.73. The van der Waals surface area contributed by atoms with E-state index in [1.165, 1.54) is 0 Å². The van der Waals surface area contributed by atoms with Gasteiger partial charge >= 0.3 is 0 Å². The van der Waals surface area contributed by atoms with Crippen molar-refractivity contribution < 1.29 is 18.7 Å². The van der Waals surface area contributed by atoms with E-state index in [9.17, 15) is 4.79 Å². The van der Waals surface area contributed by atoms with Gasteiger partial charge in [0.2, 0.25) is 0 Å². The SMILES string of the molecule is COc1ccc(C(CNC(=O)c2cc(C)oc2C)N2CCOCC2)cc1. The Morgan fingerprint density at radius 2 is 1.92 bits per heavy atom. The Bertz CT molecular complexity index is 733. The molecule has 1 aromatic carbocycles. The lowest BCUT2D eigenvalue weighted by atomic mass is 10.0. The van der Waals surface area contributed by atoms with Crippen LogP contribution in [-0.4, -0.2) is 50.8 Å². The molecule has 1 aromatic heterocycles. The molecule has 1 atom stereocenters. The van der Waals surface area contributed by atoms with Crippen LogP contribution in [0.15, 0.2) is 34.7 Å². The van der Waals surface area contributed by atoms with E-state index in [2.05, 4.69) is 22.3 Å². The molecule has 1 N–H and O–H groups in total. The maximum atomic E-state index is 12.6. The second-order valence-electron chi connectivity index (χ2n) is 6.47. The number of benzene rings is 1. The lowest BCUT2D eigenvalue weighted by Gasteiger charge is -2.35. The van der Waals surface area contributed by atoms with Crippen LogP contribution in [0.2, 0.25) is 0 Å². The van der Waals surface area contributed by atoms with Gasteiger partial charge in [-0.3, -0.25) is 9.69 Å². The van der Waals surface area contributed by atoms with Crippen molar-refractivity contribution in [3.05, 3.63) is 53.0 Å². The topological polar surface area (TPSA) is 63.9 Å². The van der Waals surface area contributed by atoms with Gasteiger partial charge in [-0.2, -0.15) is 0 Å². The van der Waals surface area contributed by atoms with Gasteiger partial charge in [-0.25, -0.2) is 0 Å². The van der Waals surface area contributed by atoms with Gasteiger partial charge in [0.15, 0.2) is 0 Å². The van der Waals surface area contributed by atoms with Gasteiger partial charge in [-0.15, -0.1) is 0 Å². The predicted octanol–water partition coefficient (Wildman–Crippen LogP) is 2.71. The van der Waals surface area contributed by atoms with Crippen molar-refractivity contribution in [1.82, 2.24) is 10.2 Å². The van der Waals surface area contributed by atoms with Gasteiger partial charge in [0, 0.05) is 19.6 Å². The molecule has 0 saturated carbocycles. The first-order valence-corrected chi connectivity index (χ1v) is 8.89. The fourth-order valence-corrected chi connectivity index (χ4v) is 3.31. The smallest absolute Gasteiger partial charge is 0.254 e. The highest BCUT2D eigenvalue weighted by Crippen LogP contribution is 2.24. The van der Waals surface area contributed by atoms with Crippen LogP contribution < -0.4 is 10.1 Å². The van der Waals surface area contributed by atoms with Crippen molar-refractivity contribution in [2.45, 2.75) is 19.9 Å². The summed E-state index contributed by atoms with van der Waals surface area (Å²) >= 11 is 0. The summed E-state index contributed by atoms with van der Waals surface area (Å²) in [7, 11) is 1.66. The van der Waals surface area contributed by atoms with E-state index < -0.39 is 0 Å². The number of amides is 1. The van der Waals surface area contributed by atoms with Crippen LogP contribution >= 0.6 is 0 Å². The summed E-state index contributed by atoms with van der Waals surface area (Å²) in [4.78, 5) is 14.9. The normalized spacial score (nSPS) is 16.3. The van der Waals surface area contributed by atoms with Gasteiger partial charge in [-0.05, 0) is 37.6 Å². The molecule has 1 amide bonds. The molecule has 6 heteroatoms. The Balaban J connectivity index is 1.74. The number of hydrogen-bond acceptors (Lipinski definition) is 5. The molecule has 1 fully saturated rings. The summed E-state index contributed by atoms with van der Waals surface area (Å²) in [5, 5.41) is 3.06. The summed E-state index contributed by atoms with van der Waals surface area (Å²) in [5.74, 6) is 2.11. The Morgan fingerprint density at radius 3 is 2.50 bits per heavy atom. The molecule has 0 bridgehead atoms. The molecule has 2 heterocycles. The Kier molecular flexibility index (Phi) is 5.96. The first-order valence-electron chi connectivity index (χ1n) is 8.89. The van der Waals surface area contributed by atoms with Crippen LogP contribution in [0.25, 0.3) is 0 Å². The highest BCUT2D eigenvalue weighted by molar-refractivity contribution is 5.95. The van der Waals surface area contributed by atoms with Crippen LogP contribution in [-0.2, 0) is 4.74 Å². The second kappa shape index (κ2) is 8.38. The third-order valence-electron chi connectivity index (χ3n) is 4.73. The lowest BCUT2D eigenvalue weighted by molar-refractivity contribution is 0.0162. The van der Waals surface area contributed by atoms with Gasteiger partial charge in [0.25, 0.3) is 5.91 Å². The molecule has 1 aliphatic rings. The van der Waals surface area contributed by atoms with E-state index in [1.807, 2.05) is 26.0 Å². The predicted molar refractivity (Wildman–Crippen MR) is 98.6 cm³/mol. The molecule has 3 rings (SSSR count). The number of carbonyl (C=O) groups is 1. The first-order chi connectivity index (χ1) is 12.6. The molecular weight excluding hydrogens is 332 g/mol. The number of methoxy groups -OCH3 is 1. The number of hydrogen-bond donors (Lipinski definition) is 1. The monoisotopic (exact) mass is 358 g/mol. The van der Waals surface area contributed by atoms with Crippen molar-refractivity contribution in [2.75, 3.05) is 40.0 Å². The van der Waals surface area contributed by atoms with Gasteiger partial charge in [-0.1, -0.05) is 12.1 Å². The molecular formula is C20H26N2O4. The zero-order chi connectivity index (χ0) is 18.5. The molecule has 1 saturated heterocycles. The molecule has 140 valence electrons. The third kappa shape index (κ3) is 4.26. The highest BCUT2D eigenvalue weighted by Gasteiger charge is 2.24. The molecule has 26 heavy (non-hydrogen) atoms. The fraction of sp³-hybridized carbons (Fsp3) is 0.450. The maximum absolute atomic E-state index is 12.6. The van der Waals surface area contributed by atoms with Crippen LogP contribution in [0.3, 0.4) is 0 Å². The summed E-state index contributed by atoms with van der Waals surface area (Å²) in [6.45, 7) is 7.28. The molecule has 0 aliphatic carbocycles. The number of ether oxygens (including phenoxy) is 2. The van der Waals surface area contributed by atoms with Gasteiger partial charge < -0.3 is 19.2 Å². The number of nitrogens with one attached hydrogen (secondary N) is 1. The minimum absolute atomic E-state index is 0.0852. The van der Waals surface area contributed by atoms with E-state index in [4.69, 9.17) is 13.9 Å². The summed E-state index contributed by atoms with van der Waals surface area (Å²) < 4.78 is 16.2. The number of aryl methyl sites for hydroxylation is 2. The van der Waals surface area contributed by atoms with Gasteiger partial charge in [0.05, 0.1) is 31.9 Å². The maximum Gasteiger partial charge on any atom is 0.254 e. The number of rotatable bonds is 6. The van der Waals surface area contributed by atoms with Gasteiger partial charge in [0.1, 0.15) is 17.3 Å². The minimum Gasteiger partial charge on any atom is -0.497 e. The van der Waals surface area contributed by atoms with Crippen LogP contribution in [0.4, 0.5) is 0 Å². The molecule has 1 unspecified atom stereocenters. The second-order valence-corrected chi connectivity index (χ2v) is 6.47. The molecule has 0 spiro atoms. The average molecular weight is 358 g/mol. The van der Waals surface area contributed by atoms with E-state index in [1.54, 1.807) is 13.2 Å². The van der Waals surface area contributed by atoms with Crippen LogP contribution in [0.5, 0.6) is 5.75 Å².